The highest BCUT2D eigenvalue weighted by molar-refractivity contribution is 9.10. The Morgan fingerprint density at radius 3 is 2.74 bits per heavy atom. The number of hydrogen-bond donors (Lipinski definition) is 1. The second-order valence-electron chi connectivity index (χ2n) is 5.62. The van der Waals surface area contributed by atoms with Crippen molar-refractivity contribution in [3.8, 4) is 0 Å². The highest BCUT2D eigenvalue weighted by Gasteiger charge is 2.33. The number of rotatable bonds is 4. The molecule has 2 rings (SSSR count). The van der Waals surface area contributed by atoms with Gasteiger partial charge < -0.3 is 5.32 Å². The molecule has 0 amide bonds. The van der Waals surface area contributed by atoms with Gasteiger partial charge in [0, 0.05) is 35.7 Å². The summed E-state index contributed by atoms with van der Waals surface area (Å²) in [5, 5.41) is 3.73. The van der Waals surface area contributed by atoms with Gasteiger partial charge in [-0.3, -0.25) is 4.90 Å². The van der Waals surface area contributed by atoms with Crippen LogP contribution in [0.2, 0.25) is 0 Å². The summed E-state index contributed by atoms with van der Waals surface area (Å²) in [5.74, 6) is 0. The molecule has 1 aliphatic rings. The van der Waals surface area contributed by atoms with E-state index in [-0.39, 0.29) is 0 Å². The SMILES string of the molecule is CCC1(CC)CN(C(C)c2cccc(Br)c2)CCN1. The van der Waals surface area contributed by atoms with Gasteiger partial charge in [0.05, 0.1) is 0 Å². The number of piperazine rings is 1. The fraction of sp³-hybridized carbons (Fsp3) is 0.625. The number of benzene rings is 1. The minimum atomic E-state index is 0.304. The summed E-state index contributed by atoms with van der Waals surface area (Å²) in [6.45, 7) is 10.3. The molecule has 1 N–H and O–H groups in total. The molecular weight excluding hydrogens is 300 g/mol. The summed E-state index contributed by atoms with van der Waals surface area (Å²) in [6.07, 6.45) is 2.40. The predicted molar refractivity (Wildman–Crippen MR) is 85.4 cm³/mol. The van der Waals surface area contributed by atoms with Gasteiger partial charge in [0.15, 0.2) is 0 Å². The van der Waals surface area contributed by atoms with Crippen molar-refractivity contribution in [2.75, 3.05) is 19.6 Å². The first-order valence-corrected chi connectivity index (χ1v) is 8.14. The number of hydrogen-bond acceptors (Lipinski definition) is 2. The Hall–Kier alpha value is -0.380. The van der Waals surface area contributed by atoms with Crippen LogP contribution in [-0.4, -0.2) is 30.1 Å². The molecular formula is C16H25BrN2. The van der Waals surface area contributed by atoms with Crippen molar-refractivity contribution in [1.29, 1.82) is 0 Å². The number of nitrogens with one attached hydrogen (secondary N) is 1. The van der Waals surface area contributed by atoms with E-state index in [4.69, 9.17) is 0 Å². The maximum Gasteiger partial charge on any atom is 0.0321 e. The van der Waals surface area contributed by atoms with Gasteiger partial charge >= 0.3 is 0 Å². The first kappa shape index (κ1) is 15.0. The fourth-order valence-electron chi connectivity index (χ4n) is 3.02. The molecule has 0 radical (unpaired) electrons. The Bertz CT molecular complexity index is 415. The monoisotopic (exact) mass is 324 g/mol. The first-order chi connectivity index (χ1) is 9.10. The van der Waals surface area contributed by atoms with Crippen LogP contribution in [0, 0.1) is 0 Å². The van der Waals surface area contributed by atoms with Gasteiger partial charge in [0.2, 0.25) is 0 Å². The van der Waals surface area contributed by atoms with E-state index in [0.717, 1.165) is 19.6 Å². The molecule has 3 heteroatoms. The lowest BCUT2D eigenvalue weighted by molar-refractivity contribution is 0.0919. The molecule has 0 spiro atoms. The Labute approximate surface area is 125 Å². The summed E-state index contributed by atoms with van der Waals surface area (Å²) in [4.78, 5) is 2.62. The largest absolute Gasteiger partial charge is 0.309 e. The smallest absolute Gasteiger partial charge is 0.0321 e. The Morgan fingerprint density at radius 2 is 2.11 bits per heavy atom. The third kappa shape index (κ3) is 3.39. The van der Waals surface area contributed by atoms with Crippen molar-refractivity contribution in [2.24, 2.45) is 0 Å². The lowest BCUT2D eigenvalue weighted by Crippen LogP contribution is -2.60. The van der Waals surface area contributed by atoms with Crippen LogP contribution in [0.4, 0.5) is 0 Å². The first-order valence-electron chi connectivity index (χ1n) is 7.35. The minimum absolute atomic E-state index is 0.304. The van der Waals surface area contributed by atoms with Crippen LogP contribution in [0.5, 0.6) is 0 Å². The van der Waals surface area contributed by atoms with Crippen LogP contribution in [0.1, 0.15) is 45.2 Å². The van der Waals surface area contributed by atoms with E-state index >= 15 is 0 Å². The average Bonchev–Trinajstić information content (AvgIpc) is 2.46. The Kier molecular flexibility index (Phi) is 5.04. The van der Waals surface area contributed by atoms with E-state index in [1.807, 2.05) is 0 Å². The number of halogens is 1. The molecule has 1 aromatic carbocycles. The molecule has 19 heavy (non-hydrogen) atoms. The number of nitrogens with zero attached hydrogens (tertiary/aromatic N) is 1. The topological polar surface area (TPSA) is 15.3 Å². The van der Waals surface area contributed by atoms with Crippen LogP contribution in [0.3, 0.4) is 0 Å². The molecule has 1 heterocycles. The zero-order valence-electron chi connectivity index (χ0n) is 12.2. The molecule has 0 saturated carbocycles. The van der Waals surface area contributed by atoms with E-state index in [1.165, 1.54) is 22.9 Å². The fourth-order valence-corrected chi connectivity index (χ4v) is 3.44. The molecule has 1 aliphatic heterocycles. The molecule has 0 aromatic heterocycles. The maximum absolute atomic E-state index is 3.73. The van der Waals surface area contributed by atoms with E-state index in [0.29, 0.717) is 11.6 Å². The molecule has 1 saturated heterocycles. The summed E-state index contributed by atoms with van der Waals surface area (Å²) < 4.78 is 1.17. The zero-order chi connectivity index (χ0) is 13.9. The third-order valence-electron chi connectivity index (χ3n) is 4.64. The minimum Gasteiger partial charge on any atom is -0.309 e. The van der Waals surface area contributed by atoms with Crippen LogP contribution < -0.4 is 5.32 Å². The quantitative estimate of drug-likeness (QED) is 0.901. The summed E-state index contributed by atoms with van der Waals surface area (Å²) in [5.41, 5.74) is 1.70. The van der Waals surface area contributed by atoms with Gasteiger partial charge in [-0.2, -0.15) is 0 Å². The molecule has 1 aromatic rings. The van der Waals surface area contributed by atoms with E-state index in [1.54, 1.807) is 0 Å². The van der Waals surface area contributed by atoms with E-state index in [9.17, 15) is 0 Å². The van der Waals surface area contributed by atoms with Crippen molar-refractivity contribution in [1.82, 2.24) is 10.2 Å². The Morgan fingerprint density at radius 1 is 1.37 bits per heavy atom. The van der Waals surface area contributed by atoms with Gasteiger partial charge in [0.25, 0.3) is 0 Å². The standard InChI is InChI=1S/C16H25BrN2/c1-4-16(5-2)12-19(10-9-18-16)13(3)14-7-6-8-15(17)11-14/h6-8,11,13,18H,4-5,9-10,12H2,1-3H3. The summed E-state index contributed by atoms with van der Waals surface area (Å²) >= 11 is 3.57. The lowest BCUT2D eigenvalue weighted by Gasteiger charge is -2.45. The predicted octanol–water partition coefficient (Wildman–Crippen LogP) is 3.97. The molecule has 1 fully saturated rings. The Balaban J connectivity index is 2.13. The van der Waals surface area contributed by atoms with Crippen LogP contribution >= 0.6 is 15.9 Å². The second-order valence-corrected chi connectivity index (χ2v) is 6.53. The molecule has 1 atom stereocenters. The zero-order valence-corrected chi connectivity index (χ0v) is 13.8. The normalized spacial score (nSPS) is 21.3. The van der Waals surface area contributed by atoms with Gasteiger partial charge in [0.1, 0.15) is 0 Å². The van der Waals surface area contributed by atoms with Crippen molar-refractivity contribution in [3.05, 3.63) is 34.3 Å². The highest BCUT2D eigenvalue weighted by atomic mass is 79.9. The molecule has 0 bridgehead atoms. The van der Waals surface area contributed by atoms with E-state index in [2.05, 4.69) is 71.2 Å². The third-order valence-corrected chi connectivity index (χ3v) is 5.13. The van der Waals surface area contributed by atoms with Gasteiger partial charge in [-0.25, -0.2) is 0 Å². The average molecular weight is 325 g/mol. The van der Waals surface area contributed by atoms with Crippen molar-refractivity contribution < 1.29 is 0 Å². The second kappa shape index (κ2) is 6.38. The highest BCUT2D eigenvalue weighted by Crippen LogP contribution is 2.28. The lowest BCUT2D eigenvalue weighted by atomic mass is 9.89. The summed E-state index contributed by atoms with van der Waals surface area (Å²) in [6, 6.07) is 9.18. The molecule has 106 valence electrons. The van der Waals surface area contributed by atoms with Crippen LogP contribution in [0.15, 0.2) is 28.7 Å². The molecule has 1 unspecified atom stereocenters. The molecule has 2 nitrogen and oxygen atoms in total. The van der Waals surface area contributed by atoms with Gasteiger partial charge in [-0.05, 0) is 37.5 Å². The van der Waals surface area contributed by atoms with Crippen molar-refractivity contribution in [2.45, 2.75) is 45.2 Å². The van der Waals surface area contributed by atoms with E-state index < -0.39 is 0 Å². The van der Waals surface area contributed by atoms with Crippen molar-refractivity contribution >= 4 is 15.9 Å². The maximum atomic E-state index is 3.73. The van der Waals surface area contributed by atoms with Gasteiger partial charge in [-0.1, -0.05) is 41.9 Å². The van der Waals surface area contributed by atoms with Crippen LogP contribution in [-0.2, 0) is 0 Å². The van der Waals surface area contributed by atoms with Crippen molar-refractivity contribution in [3.63, 3.8) is 0 Å². The van der Waals surface area contributed by atoms with Crippen LogP contribution in [0.25, 0.3) is 0 Å². The molecule has 0 aliphatic carbocycles. The van der Waals surface area contributed by atoms with Gasteiger partial charge in [-0.15, -0.1) is 0 Å². The summed E-state index contributed by atoms with van der Waals surface area (Å²) in [7, 11) is 0.